The molecule has 2 fully saturated rings. The highest BCUT2D eigenvalue weighted by Gasteiger charge is 2.47. The van der Waals surface area contributed by atoms with Crippen molar-refractivity contribution >= 4 is 42.0 Å². The largest absolute Gasteiger partial charge is 0.443 e. The van der Waals surface area contributed by atoms with Crippen molar-refractivity contribution < 1.29 is 28.7 Å². The first-order valence-corrected chi connectivity index (χ1v) is 11.0. The molecule has 10 heteroatoms. The third-order valence-corrected chi connectivity index (χ3v) is 6.36. The van der Waals surface area contributed by atoms with Crippen molar-refractivity contribution in [2.45, 2.75) is 51.6 Å². The number of hydrogen-bond acceptors (Lipinski definition) is 7. The summed E-state index contributed by atoms with van der Waals surface area (Å²) in [4.78, 5) is 67.7. The molecule has 1 unspecified atom stereocenters. The van der Waals surface area contributed by atoms with Gasteiger partial charge in [0.25, 0.3) is 17.7 Å². The van der Waals surface area contributed by atoms with Gasteiger partial charge in [-0.15, -0.1) is 12.4 Å². The SMILES string of the molecule is CC(C)[C@@H](C(=O)OCN1C(=O)CCC(N2C(=O)c3ccccc3C2=O)C1=O)N1CCCC1.Cl. The molecule has 3 heterocycles. The molecule has 0 saturated carbocycles. The maximum absolute atomic E-state index is 13.1. The van der Waals surface area contributed by atoms with Crippen LogP contribution >= 0.6 is 12.4 Å². The number of carbonyl (C=O) groups excluding carboxylic acids is 5. The second-order valence-corrected chi connectivity index (χ2v) is 8.76. The Morgan fingerprint density at radius 1 is 1.03 bits per heavy atom. The van der Waals surface area contributed by atoms with E-state index < -0.39 is 48.4 Å². The Balaban J connectivity index is 0.00000306. The van der Waals surface area contributed by atoms with Gasteiger partial charge in [0.05, 0.1) is 11.1 Å². The van der Waals surface area contributed by atoms with Crippen molar-refractivity contribution in [3.05, 3.63) is 35.4 Å². The van der Waals surface area contributed by atoms with Gasteiger partial charge in [0.2, 0.25) is 5.91 Å². The number of benzene rings is 1. The number of fused-ring (bicyclic) bond motifs is 1. The highest BCUT2D eigenvalue weighted by molar-refractivity contribution is 6.23. The maximum Gasteiger partial charge on any atom is 0.325 e. The smallest absolute Gasteiger partial charge is 0.325 e. The molecule has 0 N–H and O–H groups in total. The van der Waals surface area contributed by atoms with Crippen LogP contribution in [-0.4, -0.2) is 76.2 Å². The van der Waals surface area contributed by atoms with Gasteiger partial charge in [-0.3, -0.25) is 33.8 Å². The minimum absolute atomic E-state index is 0. The zero-order valence-corrected chi connectivity index (χ0v) is 19.5. The Hall–Kier alpha value is -2.78. The van der Waals surface area contributed by atoms with Crippen LogP contribution in [0.1, 0.15) is 60.2 Å². The third kappa shape index (κ3) is 4.52. The number of esters is 1. The Labute approximate surface area is 198 Å². The first-order valence-electron chi connectivity index (χ1n) is 11.0. The molecule has 4 rings (SSSR count). The highest BCUT2D eigenvalue weighted by Crippen LogP contribution is 2.29. The van der Waals surface area contributed by atoms with Crippen molar-refractivity contribution in [1.29, 1.82) is 0 Å². The number of imide groups is 2. The van der Waals surface area contributed by atoms with Gasteiger partial charge in [-0.1, -0.05) is 26.0 Å². The van der Waals surface area contributed by atoms with Crippen molar-refractivity contribution in [1.82, 2.24) is 14.7 Å². The van der Waals surface area contributed by atoms with Gasteiger partial charge in [-0.2, -0.15) is 0 Å². The average molecular weight is 478 g/mol. The summed E-state index contributed by atoms with van der Waals surface area (Å²) in [6.07, 6.45) is 2.06. The molecule has 3 aliphatic rings. The standard InChI is InChI=1S/C23H27N3O6.ClH/c1-14(2)19(24-11-5-6-12-24)23(31)32-13-25-18(27)10-9-17(22(25)30)26-20(28)15-7-3-4-8-16(15)21(26)29;/h3-4,7-8,14,17,19H,5-6,9-13H2,1-2H3;1H/t17?,19-;/m0./s1. The van der Waals surface area contributed by atoms with E-state index in [1.165, 1.54) is 12.1 Å². The van der Waals surface area contributed by atoms with E-state index in [9.17, 15) is 24.0 Å². The van der Waals surface area contributed by atoms with Crippen LogP contribution in [0.3, 0.4) is 0 Å². The summed E-state index contributed by atoms with van der Waals surface area (Å²) < 4.78 is 5.40. The highest BCUT2D eigenvalue weighted by atomic mass is 35.5. The first-order chi connectivity index (χ1) is 15.3. The number of likely N-dealkylation sites (tertiary alicyclic amines) is 2. The molecule has 1 aromatic carbocycles. The van der Waals surface area contributed by atoms with Gasteiger partial charge >= 0.3 is 5.97 Å². The lowest BCUT2D eigenvalue weighted by atomic mass is 10.0. The minimum Gasteiger partial charge on any atom is -0.443 e. The van der Waals surface area contributed by atoms with Gasteiger partial charge in [0.15, 0.2) is 6.73 Å². The van der Waals surface area contributed by atoms with E-state index in [4.69, 9.17) is 4.74 Å². The van der Waals surface area contributed by atoms with E-state index in [-0.39, 0.29) is 42.3 Å². The normalized spacial score (nSPS) is 22.0. The number of amides is 4. The van der Waals surface area contributed by atoms with Crippen LogP contribution in [0.25, 0.3) is 0 Å². The number of ether oxygens (including phenoxy) is 1. The molecular weight excluding hydrogens is 450 g/mol. The van der Waals surface area contributed by atoms with Gasteiger partial charge in [-0.25, -0.2) is 4.90 Å². The average Bonchev–Trinajstić information content (AvgIpc) is 3.36. The summed E-state index contributed by atoms with van der Waals surface area (Å²) in [6.45, 7) is 4.95. The lowest BCUT2D eigenvalue weighted by Crippen LogP contribution is -2.57. The van der Waals surface area contributed by atoms with E-state index in [2.05, 4.69) is 4.90 Å². The van der Waals surface area contributed by atoms with Crippen molar-refractivity contribution in [2.75, 3.05) is 19.8 Å². The third-order valence-electron chi connectivity index (χ3n) is 6.36. The van der Waals surface area contributed by atoms with Gasteiger partial charge < -0.3 is 4.74 Å². The number of piperidine rings is 1. The number of nitrogens with zero attached hydrogens (tertiary/aromatic N) is 3. The summed E-state index contributed by atoms with van der Waals surface area (Å²) in [5.41, 5.74) is 0.483. The summed E-state index contributed by atoms with van der Waals surface area (Å²) in [5.74, 6) is -2.76. The molecule has 2 atom stereocenters. The van der Waals surface area contributed by atoms with Gasteiger partial charge in [0, 0.05) is 6.42 Å². The number of halogens is 1. The summed E-state index contributed by atoms with van der Waals surface area (Å²) >= 11 is 0. The molecule has 0 bridgehead atoms. The molecular formula is C23H28ClN3O6. The molecule has 33 heavy (non-hydrogen) atoms. The van der Waals surface area contributed by atoms with Crippen LogP contribution < -0.4 is 0 Å². The van der Waals surface area contributed by atoms with Crippen LogP contribution in [0.5, 0.6) is 0 Å². The number of rotatable bonds is 6. The fourth-order valence-corrected chi connectivity index (χ4v) is 4.76. The fourth-order valence-electron chi connectivity index (χ4n) is 4.76. The molecule has 0 aliphatic carbocycles. The Morgan fingerprint density at radius 2 is 1.61 bits per heavy atom. The monoisotopic (exact) mass is 477 g/mol. The molecule has 178 valence electrons. The van der Waals surface area contributed by atoms with E-state index in [0.29, 0.717) is 0 Å². The first kappa shape index (κ1) is 24.9. The predicted molar refractivity (Wildman–Crippen MR) is 119 cm³/mol. The van der Waals surface area contributed by atoms with E-state index >= 15 is 0 Å². The molecule has 0 spiro atoms. The Morgan fingerprint density at radius 3 is 2.15 bits per heavy atom. The zero-order valence-electron chi connectivity index (χ0n) is 18.7. The molecule has 1 aromatic rings. The van der Waals surface area contributed by atoms with Crippen molar-refractivity contribution in [3.8, 4) is 0 Å². The zero-order chi connectivity index (χ0) is 23.0. The van der Waals surface area contributed by atoms with Crippen LogP contribution in [0.15, 0.2) is 24.3 Å². The minimum atomic E-state index is -1.10. The predicted octanol–water partition coefficient (Wildman–Crippen LogP) is 1.84. The van der Waals surface area contributed by atoms with Crippen LogP contribution in [0.4, 0.5) is 0 Å². The summed E-state index contributed by atoms with van der Waals surface area (Å²) in [6, 6.07) is 4.84. The van der Waals surface area contributed by atoms with Gasteiger partial charge in [0.1, 0.15) is 12.1 Å². The van der Waals surface area contributed by atoms with Gasteiger partial charge in [-0.05, 0) is 50.4 Å². The quantitative estimate of drug-likeness (QED) is 0.454. The molecule has 4 amide bonds. The number of carbonyl (C=O) groups is 5. The fraction of sp³-hybridized carbons (Fsp3) is 0.522. The lowest BCUT2D eigenvalue weighted by Gasteiger charge is -2.35. The molecule has 0 radical (unpaired) electrons. The van der Waals surface area contributed by atoms with Crippen molar-refractivity contribution in [2.24, 2.45) is 5.92 Å². The Bertz CT molecular complexity index is 940. The molecule has 0 aromatic heterocycles. The maximum atomic E-state index is 13.1. The molecule has 2 saturated heterocycles. The van der Waals surface area contributed by atoms with Crippen LogP contribution in [0.2, 0.25) is 0 Å². The molecule has 3 aliphatic heterocycles. The van der Waals surface area contributed by atoms with Crippen LogP contribution in [0, 0.1) is 5.92 Å². The van der Waals surface area contributed by atoms with Crippen LogP contribution in [-0.2, 0) is 19.1 Å². The van der Waals surface area contributed by atoms with Crippen molar-refractivity contribution in [3.63, 3.8) is 0 Å². The summed E-state index contributed by atoms with van der Waals surface area (Å²) in [7, 11) is 0. The second kappa shape index (κ2) is 10.0. The number of hydrogen-bond donors (Lipinski definition) is 0. The van der Waals surface area contributed by atoms with E-state index in [1.54, 1.807) is 12.1 Å². The second-order valence-electron chi connectivity index (χ2n) is 8.76. The Kier molecular flexibility index (Phi) is 7.54. The summed E-state index contributed by atoms with van der Waals surface area (Å²) in [5, 5.41) is 0. The van der Waals surface area contributed by atoms with E-state index in [1.807, 2.05) is 13.8 Å². The molecule has 9 nitrogen and oxygen atoms in total. The lowest BCUT2D eigenvalue weighted by molar-refractivity contribution is -0.167. The van der Waals surface area contributed by atoms with E-state index in [0.717, 1.165) is 35.7 Å². The topological polar surface area (TPSA) is 104 Å².